The molecule has 4 aliphatic heterocycles. The first-order valence-corrected chi connectivity index (χ1v) is 16.6. The molecule has 0 unspecified atom stereocenters. The lowest BCUT2D eigenvalue weighted by atomic mass is 9.86. The molecular formula is C36H50N6O6. The van der Waals surface area contributed by atoms with Gasteiger partial charge in [0.05, 0.1) is 23.9 Å². The summed E-state index contributed by atoms with van der Waals surface area (Å²) < 4.78 is 3.58. The van der Waals surface area contributed by atoms with Crippen LogP contribution < -0.4 is 11.1 Å². The van der Waals surface area contributed by atoms with Crippen molar-refractivity contribution in [2.75, 3.05) is 55.5 Å². The van der Waals surface area contributed by atoms with Crippen molar-refractivity contribution in [3.63, 3.8) is 0 Å². The smallest absolute Gasteiger partial charge is 0.258 e. The number of aromatic nitrogens is 2. The van der Waals surface area contributed by atoms with Gasteiger partial charge in [0.1, 0.15) is 0 Å². The van der Waals surface area contributed by atoms with E-state index in [2.05, 4.69) is 9.80 Å². The second kappa shape index (κ2) is 13.9. The van der Waals surface area contributed by atoms with Crippen LogP contribution in [0.3, 0.4) is 0 Å². The van der Waals surface area contributed by atoms with Crippen molar-refractivity contribution in [3.8, 4) is 0 Å². The first-order valence-electron chi connectivity index (χ1n) is 16.6. The Labute approximate surface area is 282 Å². The number of aliphatic hydroxyl groups excluding tert-OH is 2. The van der Waals surface area contributed by atoms with Gasteiger partial charge < -0.3 is 29.1 Å². The van der Waals surface area contributed by atoms with Gasteiger partial charge in [0.25, 0.3) is 11.1 Å². The highest BCUT2D eigenvalue weighted by Crippen LogP contribution is 2.48. The van der Waals surface area contributed by atoms with Crippen LogP contribution in [0, 0.1) is 23.7 Å². The number of nitrogens with zero attached hydrogens (tertiary/aromatic N) is 6. The number of fused-ring (bicyclic) bond motifs is 8. The lowest BCUT2D eigenvalue weighted by Crippen LogP contribution is -2.44. The van der Waals surface area contributed by atoms with E-state index in [4.69, 9.17) is 0 Å². The van der Waals surface area contributed by atoms with Gasteiger partial charge in [-0.05, 0) is 52.2 Å². The van der Waals surface area contributed by atoms with E-state index < -0.39 is 0 Å². The van der Waals surface area contributed by atoms with Crippen molar-refractivity contribution in [1.82, 2.24) is 28.7 Å². The number of hydrogen-bond donors (Lipinski definition) is 2. The van der Waals surface area contributed by atoms with Gasteiger partial charge in [-0.1, -0.05) is 24.3 Å². The highest BCUT2D eigenvalue weighted by molar-refractivity contribution is 5.81. The lowest BCUT2D eigenvalue weighted by molar-refractivity contribution is -0.136. The number of carbonyl (C=O) groups excluding carboxylic acids is 2. The molecule has 12 heteroatoms. The molecule has 12 nitrogen and oxygen atoms in total. The second-order valence-electron chi connectivity index (χ2n) is 13.8. The molecule has 260 valence electrons. The van der Waals surface area contributed by atoms with Gasteiger partial charge in [-0.2, -0.15) is 0 Å². The third kappa shape index (κ3) is 5.68. The minimum atomic E-state index is -0.333. The van der Waals surface area contributed by atoms with Crippen LogP contribution in [0.15, 0.2) is 46.0 Å². The van der Waals surface area contributed by atoms with E-state index in [0.717, 1.165) is 11.4 Å². The Kier molecular flexibility index (Phi) is 10.3. The molecular weight excluding hydrogens is 612 g/mol. The Bertz CT molecular complexity index is 1600. The van der Waals surface area contributed by atoms with Crippen LogP contribution in [0.1, 0.15) is 48.4 Å². The summed E-state index contributed by atoms with van der Waals surface area (Å²) in [5, 5.41) is 19.8. The summed E-state index contributed by atoms with van der Waals surface area (Å²) >= 11 is 0. The van der Waals surface area contributed by atoms with Crippen LogP contribution in [0.2, 0.25) is 0 Å². The van der Waals surface area contributed by atoms with Gasteiger partial charge in [-0.25, -0.2) is 0 Å². The fourth-order valence-electron chi connectivity index (χ4n) is 8.59. The fraction of sp³-hybridized carbons (Fsp3) is 0.556. The zero-order valence-corrected chi connectivity index (χ0v) is 29.3. The largest absolute Gasteiger partial charge is 0.396 e. The molecule has 0 spiro atoms. The minimum absolute atomic E-state index is 0.00632. The molecule has 0 aromatic carbocycles. The molecule has 2 N–H and O–H groups in total. The predicted octanol–water partition coefficient (Wildman–Crippen LogP) is 1.13. The van der Waals surface area contributed by atoms with Gasteiger partial charge in [0, 0.05) is 101 Å². The van der Waals surface area contributed by atoms with Crippen LogP contribution in [0.4, 0.5) is 0 Å². The molecule has 2 aromatic rings. The van der Waals surface area contributed by atoms with Gasteiger partial charge in [-0.15, -0.1) is 0 Å². The summed E-state index contributed by atoms with van der Waals surface area (Å²) in [6.45, 7) is 4.67. The number of amides is 2. The van der Waals surface area contributed by atoms with Gasteiger partial charge in [-0.3, -0.25) is 29.0 Å². The number of rotatable bonds is 6. The van der Waals surface area contributed by atoms with Crippen LogP contribution in [-0.4, -0.2) is 118 Å². The summed E-state index contributed by atoms with van der Waals surface area (Å²) in [6.07, 6.45) is 7.31. The monoisotopic (exact) mass is 662 g/mol. The maximum Gasteiger partial charge on any atom is 0.258 e. The third-order valence-corrected chi connectivity index (χ3v) is 10.9. The normalized spacial score (nSPS) is 29.0. The summed E-state index contributed by atoms with van der Waals surface area (Å²) in [5.41, 5.74) is 2.99. The van der Waals surface area contributed by atoms with E-state index in [1.54, 1.807) is 47.1 Å². The highest BCUT2D eigenvalue weighted by atomic mass is 16.3. The Morgan fingerprint density at radius 3 is 1.35 bits per heavy atom. The molecule has 0 radical (unpaired) electrons. The fourth-order valence-corrected chi connectivity index (χ4v) is 8.59. The molecule has 0 aliphatic carbocycles. The molecule has 2 aromatic heterocycles. The Morgan fingerprint density at radius 2 is 1.06 bits per heavy atom. The van der Waals surface area contributed by atoms with E-state index in [9.17, 15) is 29.4 Å². The van der Waals surface area contributed by atoms with Crippen molar-refractivity contribution < 1.29 is 19.8 Å². The van der Waals surface area contributed by atoms with Crippen molar-refractivity contribution in [2.24, 2.45) is 23.7 Å². The minimum Gasteiger partial charge on any atom is -0.396 e. The second-order valence-corrected chi connectivity index (χ2v) is 13.8. The predicted molar refractivity (Wildman–Crippen MR) is 185 cm³/mol. The van der Waals surface area contributed by atoms with Crippen molar-refractivity contribution in [1.29, 1.82) is 0 Å². The number of pyridine rings is 2. The molecule has 4 bridgehead atoms. The number of hydrogen-bond acceptors (Lipinski definition) is 8. The van der Waals surface area contributed by atoms with E-state index in [-0.39, 0.29) is 84.0 Å². The molecule has 8 atom stereocenters. The first-order chi connectivity index (χ1) is 22.8. The van der Waals surface area contributed by atoms with Crippen LogP contribution in [0.25, 0.3) is 12.2 Å². The summed E-state index contributed by atoms with van der Waals surface area (Å²) in [7, 11) is 10.9. The zero-order chi connectivity index (χ0) is 35.2. The maximum atomic E-state index is 12.8. The SMILES string of the molecule is C/C=C/c1ccc2n(c1=O)C[C@H]1[C@H](CO)[C@@H](C(=O)N(C)C)[C@@H]2N1C.C/C=C\c1ccc2n(c1=O)C[C@H]1[C@H](CO)[C@@H](C(=O)N(C)C)[C@@H]2N1C. The molecule has 6 rings (SSSR count). The van der Waals surface area contributed by atoms with Gasteiger partial charge in [0.15, 0.2) is 0 Å². The van der Waals surface area contributed by atoms with E-state index in [1.165, 1.54) is 0 Å². The standard InChI is InChI=1S/2C18H25N3O3/c2*1-5-6-11-7-8-13-16-15(18(24)19(2)3)12(10-22)14(20(16)4)9-21(13)17(11)23/h2*5-8,12,14-16,22H,9-10H2,1-4H3/b6-5+;6-5-/t2*12-,14-,15+,16+/m00/s1. The molecule has 2 amide bonds. The molecule has 6 heterocycles. The van der Waals surface area contributed by atoms with Gasteiger partial charge >= 0.3 is 0 Å². The number of carbonyl (C=O) groups is 2. The van der Waals surface area contributed by atoms with Gasteiger partial charge in [0.2, 0.25) is 11.8 Å². The summed E-state index contributed by atoms with van der Waals surface area (Å²) in [5.74, 6) is -0.987. The molecule has 2 fully saturated rings. The van der Waals surface area contributed by atoms with Crippen molar-refractivity contribution in [3.05, 3.63) is 79.6 Å². The van der Waals surface area contributed by atoms with Crippen LogP contribution >= 0.6 is 0 Å². The molecule has 48 heavy (non-hydrogen) atoms. The Morgan fingerprint density at radius 1 is 0.708 bits per heavy atom. The number of likely N-dealkylation sites (N-methyl/N-ethyl adjacent to an activating group) is 2. The average molecular weight is 663 g/mol. The average Bonchev–Trinajstić information content (AvgIpc) is 3.34. The van der Waals surface area contributed by atoms with E-state index >= 15 is 0 Å². The molecule has 2 saturated heterocycles. The summed E-state index contributed by atoms with van der Waals surface area (Å²) in [4.78, 5) is 58.5. The molecule has 4 aliphatic rings. The maximum absolute atomic E-state index is 12.8. The Balaban J connectivity index is 0.000000188. The lowest BCUT2D eigenvalue weighted by Gasteiger charge is -2.35. The van der Waals surface area contributed by atoms with Crippen LogP contribution in [0.5, 0.6) is 0 Å². The highest BCUT2D eigenvalue weighted by Gasteiger charge is 2.56. The van der Waals surface area contributed by atoms with E-state index in [0.29, 0.717) is 24.2 Å². The number of aliphatic hydroxyl groups is 2. The van der Waals surface area contributed by atoms with Crippen LogP contribution in [-0.2, 0) is 22.7 Å². The zero-order valence-electron chi connectivity index (χ0n) is 29.3. The van der Waals surface area contributed by atoms with Crippen molar-refractivity contribution >= 4 is 24.0 Å². The molecule has 0 saturated carbocycles. The summed E-state index contributed by atoms with van der Waals surface area (Å²) in [6, 6.07) is 7.16. The number of allylic oxidation sites excluding steroid dienone is 2. The van der Waals surface area contributed by atoms with Crippen molar-refractivity contribution in [2.45, 2.75) is 51.1 Å². The topological polar surface area (TPSA) is 132 Å². The Hall–Kier alpha value is -3.84. The third-order valence-electron chi connectivity index (χ3n) is 10.9. The first kappa shape index (κ1) is 35.5. The van der Waals surface area contributed by atoms with E-state index in [1.807, 2.05) is 76.5 Å². The quantitative estimate of drug-likeness (QED) is 0.471.